The third kappa shape index (κ3) is 4.51. The molecule has 1 nitrogen and oxygen atoms in total. The Hall–Kier alpha value is -0.950. The van der Waals surface area contributed by atoms with E-state index in [2.05, 4.69) is 0 Å². The largest absolute Gasteiger partial charge is 0.416 e. The fraction of sp³-hybridized carbons (Fsp3) is 0.538. The first-order chi connectivity index (χ1) is 9.09. The lowest BCUT2D eigenvalue weighted by Gasteiger charge is -2.20. The lowest BCUT2D eigenvalue weighted by molar-refractivity contribution is -0.142. The van der Waals surface area contributed by atoms with Crippen LogP contribution in [0.3, 0.4) is 0 Å². The second kappa shape index (κ2) is 6.04. The van der Waals surface area contributed by atoms with Crippen molar-refractivity contribution >= 4 is 12.4 Å². The maximum Gasteiger partial charge on any atom is 0.416 e. The highest BCUT2D eigenvalue weighted by Crippen LogP contribution is 2.42. The van der Waals surface area contributed by atoms with E-state index in [0.717, 1.165) is 12.8 Å². The molecule has 1 aromatic carbocycles. The molecule has 21 heavy (non-hydrogen) atoms. The van der Waals surface area contributed by atoms with Crippen LogP contribution in [-0.4, -0.2) is 0 Å². The normalized spacial score (nSPS) is 17.3. The smallest absolute Gasteiger partial charge is 0.324 e. The maximum absolute atomic E-state index is 12.9. The summed E-state index contributed by atoms with van der Waals surface area (Å²) in [6.07, 6.45) is -7.37. The Morgan fingerprint density at radius 1 is 1.05 bits per heavy atom. The molecule has 0 radical (unpaired) electrons. The van der Waals surface area contributed by atoms with E-state index in [-0.39, 0.29) is 24.7 Å². The third-order valence-electron chi connectivity index (χ3n) is 3.37. The molecular formula is C13H14ClF6N. The molecule has 2 N–H and O–H groups in total. The van der Waals surface area contributed by atoms with Crippen LogP contribution >= 0.6 is 12.4 Å². The summed E-state index contributed by atoms with van der Waals surface area (Å²) in [5, 5.41) is 0. The molecule has 0 aliphatic heterocycles. The van der Waals surface area contributed by atoms with Crippen molar-refractivity contribution in [3.63, 3.8) is 0 Å². The van der Waals surface area contributed by atoms with Gasteiger partial charge in [0.15, 0.2) is 0 Å². The molecule has 1 saturated carbocycles. The van der Waals surface area contributed by atoms with Crippen LogP contribution in [0.25, 0.3) is 0 Å². The predicted octanol–water partition coefficient (Wildman–Crippen LogP) is 4.95. The zero-order valence-electron chi connectivity index (χ0n) is 10.8. The van der Waals surface area contributed by atoms with Gasteiger partial charge in [-0.25, -0.2) is 0 Å². The van der Waals surface area contributed by atoms with E-state index in [1.54, 1.807) is 0 Å². The van der Waals surface area contributed by atoms with E-state index in [1.807, 2.05) is 0 Å². The van der Waals surface area contributed by atoms with Gasteiger partial charge in [-0.05, 0) is 36.1 Å². The second-order valence-electron chi connectivity index (χ2n) is 5.08. The summed E-state index contributed by atoms with van der Waals surface area (Å²) >= 11 is 0. The summed E-state index contributed by atoms with van der Waals surface area (Å²) in [4.78, 5) is 0. The molecule has 0 aromatic heterocycles. The Morgan fingerprint density at radius 2 is 1.62 bits per heavy atom. The van der Waals surface area contributed by atoms with Crippen molar-refractivity contribution < 1.29 is 26.3 Å². The number of hydrogen-bond acceptors (Lipinski definition) is 1. The molecule has 1 aliphatic rings. The Morgan fingerprint density at radius 3 is 2.05 bits per heavy atom. The summed E-state index contributed by atoms with van der Waals surface area (Å²) in [7, 11) is 0. The molecule has 1 atom stereocenters. The van der Waals surface area contributed by atoms with Gasteiger partial charge in [-0.3, -0.25) is 0 Å². The molecule has 1 fully saturated rings. The van der Waals surface area contributed by atoms with Crippen molar-refractivity contribution in [1.82, 2.24) is 0 Å². The SMILES string of the molecule is Cl.N[C@@H](CC1CC1)c1cc(C(F)(F)F)ccc1C(F)(F)F. The van der Waals surface area contributed by atoms with Crippen LogP contribution < -0.4 is 5.73 Å². The highest BCUT2D eigenvalue weighted by molar-refractivity contribution is 5.85. The summed E-state index contributed by atoms with van der Waals surface area (Å²) in [6.45, 7) is 0. The van der Waals surface area contributed by atoms with E-state index in [1.165, 1.54) is 0 Å². The van der Waals surface area contributed by atoms with Crippen LogP contribution in [0.15, 0.2) is 18.2 Å². The minimum atomic E-state index is -4.71. The first-order valence-corrected chi connectivity index (χ1v) is 6.13. The highest BCUT2D eigenvalue weighted by atomic mass is 35.5. The minimum Gasteiger partial charge on any atom is -0.324 e. The number of alkyl halides is 6. The Balaban J connectivity index is 0.00000220. The van der Waals surface area contributed by atoms with Crippen molar-refractivity contribution in [3.05, 3.63) is 34.9 Å². The third-order valence-corrected chi connectivity index (χ3v) is 3.37. The summed E-state index contributed by atoms with van der Waals surface area (Å²) < 4.78 is 76.4. The van der Waals surface area contributed by atoms with Crippen molar-refractivity contribution in [1.29, 1.82) is 0 Å². The molecular weight excluding hydrogens is 320 g/mol. The van der Waals surface area contributed by atoms with Gasteiger partial charge in [0, 0.05) is 6.04 Å². The molecule has 0 saturated heterocycles. The molecule has 1 aromatic rings. The van der Waals surface area contributed by atoms with Crippen LogP contribution in [0.1, 0.15) is 42.0 Å². The number of hydrogen-bond donors (Lipinski definition) is 1. The van der Waals surface area contributed by atoms with E-state index in [4.69, 9.17) is 5.73 Å². The van der Waals surface area contributed by atoms with Gasteiger partial charge in [0.25, 0.3) is 0 Å². The molecule has 0 bridgehead atoms. The topological polar surface area (TPSA) is 26.0 Å². The number of halogens is 7. The number of benzene rings is 1. The summed E-state index contributed by atoms with van der Waals surface area (Å²) in [5.41, 5.74) is 3.02. The van der Waals surface area contributed by atoms with Gasteiger partial charge in [0.2, 0.25) is 0 Å². The number of rotatable bonds is 3. The van der Waals surface area contributed by atoms with Gasteiger partial charge in [-0.1, -0.05) is 12.8 Å². The van der Waals surface area contributed by atoms with Gasteiger partial charge in [-0.2, -0.15) is 26.3 Å². The monoisotopic (exact) mass is 333 g/mol. The highest BCUT2D eigenvalue weighted by Gasteiger charge is 2.38. The molecule has 0 amide bonds. The predicted molar refractivity (Wildman–Crippen MR) is 68.0 cm³/mol. The van der Waals surface area contributed by atoms with E-state index in [9.17, 15) is 26.3 Å². The zero-order valence-corrected chi connectivity index (χ0v) is 11.6. The standard InChI is InChI=1S/C13H13F6N.ClH/c14-12(15,16)8-3-4-10(13(17,18)19)9(6-8)11(20)5-7-1-2-7;/h3-4,6-7,11H,1-2,5,20H2;1H/t11-;/m0./s1. The van der Waals surface area contributed by atoms with Crippen molar-refractivity contribution in [2.45, 2.75) is 37.7 Å². The lowest BCUT2D eigenvalue weighted by atomic mass is 9.94. The number of nitrogens with two attached hydrogens (primary N) is 1. The van der Waals surface area contributed by atoms with Crippen molar-refractivity contribution in [2.75, 3.05) is 0 Å². The first-order valence-electron chi connectivity index (χ1n) is 6.13. The van der Waals surface area contributed by atoms with Gasteiger partial charge < -0.3 is 5.73 Å². The fourth-order valence-electron chi connectivity index (χ4n) is 2.14. The van der Waals surface area contributed by atoms with Gasteiger partial charge in [0.1, 0.15) is 0 Å². The molecule has 120 valence electrons. The van der Waals surface area contributed by atoms with Crippen LogP contribution in [0.2, 0.25) is 0 Å². The molecule has 0 unspecified atom stereocenters. The van der Waals surface area contributed by atoms with E-state index in [0.29, 0.717) is 18.2 Å². The maximum atomic E-state index is 12.9. The first kappa shape index (κ1) is 18.1. The van der Waals surface area contributed by atoms with Crippen LogP contribution in [0.4, 0.5) is 26.3 Å². The Kier molecular flexibility index (Phi) is 5.21. The molecule has 0 spiro atoms. The fourth-order valence-corrected chi connectivity index (χ4v) is 2.14. The van der Waals surface area contributed by atoms with Crippen LogP contribution in [0, 0.1) is 5.92 Å². The van der Waals surface area contributed by atoms with Crippen molar-refractivity contribution in [3.8, 4) is 0 Å². The average molecular weight is 334 g/mol. The van der Waals surface area contributed by atoms with Gasteiger partial charge >= 0.3 is 12.4 Å². The molecule has 2 rings (SSSR count). The zero-order chi connectivity index (χ0) is 15.1. The van der Waals surface area contributed by atoms with Gasteiger partial charge in [0.05, 0.1) is 11.1 Å². The molecule has 1 aliphatic carbocycles. The quantitative estimate of drug-likeness (QED) is 0.778. The Bertz CT molecular complexity index is 492. The van der Waals surface area contributed by atoms with Gasteiger partial charge in [-0.15, -0.1) is 12.4 Å². The van der Waals surface area contributed by atoms with Crippen molar-refractivity contribution in [2.24, 2.45) is 11.7 Å². The van der Waals surface area contributed by atoms with E-state index >= 15 is 0 Å². The molecule has 8 heteroatoms. The lowest BCUT2D eigenvalue weighted by Crippen LogP contribution is -2.19. The average Bonchev–Trinajstić information content (AvgIpc) is 3.09. The Labute approximate surface area is 123 Å². The van der Waals surface area contributed by atoms with Crippen LogP contribution in [0.5, 0.6) is 0 Å². The molecule has 0 heterocycles. The second-order valence-corrected chi connectivity index (χ2v) is 5.08. The summed E-state index contributed by atoms with van der Waals surface area (Å²) in [5.74, 6) is 0.223. The van der Waals surface area contributed by atoms with Crippen LogP contribution in [-0.2, 0) is 12.4 Å². The van der Waals surface area contributed by atoms with E-state index < -0.39 is 35.1 Å². The minimum absolute atomic E-state index is 0. The summed E-state index contributed by atoms with van der Waals surface area (Å²) in [6, 6.07) is 0.401.